The average molecular weight is 278 g/mol. The second-order valence-electron chi connectivity index (χ2n) is 4.87. The van der Waals surface area contributed by atoms with Crippen LogP contribution in [0.3, 0.4) is 0 Å². The highest BCUT2D eigenvalue weighted by atomic mass is 19.1. The van der Waals surface area contributed by atoms with Crippen molar-refractivity contribution >= 4 is 6.29 Å². The van der Waals surface area contributed by atoms with E-state index in [0.717, 1.165) is 18.6 Å². The molecule has 3 nitrogen and oxygen atoms in total. The Kier molecular flexibility index (Phi) is 3.97. The number of carbonyl (C=O) groups is 1. The molecule has 1 aromatic heterocycles. The maximum atomic E-state index is 14.0. The van der Waals surface area contributed by atoms with Crippen LogP contribution in [0.15, 0.2) is 18.3 Å². The van der Waals surface area contributed by atoms with E-state index in [2.05, 4.69) is 5.10 Å². The lowest BCUT2D eigenvalue weighted by Gasteiger charge is -2.08. The Bertz CT molecular complexity index is 650. The second-order valence-corrected chi connectivity index (χ2v) is 4.87. The van der Waals surface area contributed by atoms with Crippen LogP contribution in [0.4, 0.5) is 8.78 Å². The van der Waals surface area contributed by atoms with E-state index in [0.29, 0.717) is 6.29 Å². The van der Waals surface area contributed by atoms with Gasteiger partial charge in [0.2, 0.25) is 0 Å². The highest BCUT2D eigenvalue weighted by molar-refractivity contribution is 5.85. The number of benzene rings is 1. The summed E-state index contributed by atoms with van der Waals surface area (Å²) in [6.45, 7) is 5.41. The smallest absolute Gasteiger partial charge is 0.153 e. The maximum absolute atomic E-state index is 14.0. The van der Waals surface area contributed by atoms with Gasteiger partial charge in [0, 0.05) is 17.8 Å². The standard InChI is InChI=1S/C15H16F2N2O/c1-4-10(3)19-7-11(8-20)15(18-19)12-6-13(16)9(2)5-14(12)17/h5-8,10H,4H2,1-3H3. The van der Waals surface area contributed by atoms with Gasteiger partial charge >= 0.3 is 0 Å². The van der Waals surface area contributed by atoms with Gasteiger partial charge in [0.25, 0.3) is 0 Å². The lowest BCUT2D eigenvalue weighted by atomic mass is 10.1. The third-order valence-electron chi connectivity index (χ3n) is 3.43. The topological polar surface area (TPSA) is 34.9 Å². The highest BCUT2D eigenvalue weighted by Gasteiger charge is 2.18. The van der Waals surface area contributed by atoms with Gasteiger partial charge < -0.3 is 0 Å². The van der Waals surface area contributed by atoms with E-state index >= 15 is 0 Å². The minimum absolute atomic E-state index is 0.0113. The second kappa shape index (κ2) is 5.53. The molecule has 0 amide bonds. The summed E-state index contributed by atoms with van der Waals surface area (Å²) in [5.74, 6) is -1.10. The van der Waals surface area contributed by atoms with Crippen LogP contribution in [0.25, 0.3) is 11.3 Å². The van der Waals surface area contributed by atoms with Gasteiger partial charge in [-0.25, -0.2) is 8.78 Å². The Morgan fingerprint density at radius 3 is 2.65 bits per heavy atom. The predicted molar refractivity (Wildman–Crippen MR) is 72.7 cm³/mol. The molecule has 1 atom stereocenters. The molecule has 0 saturated carbocycles. The first kappa shape index (κ1) is 14.4. The Morgan fingerprint density at radius 1 is 1.35 bits per heavy atom. The maximum Gasteiger partial charge on any atom is 0.153 e. The number of carbonyl (C=O) groups excluding carboxylic acids is 1. The fourth-order valence-electron chi connectivity index (χ4n) is 1.94. The summed E-state index contributed by atoms with van der Waals surface area (Å²) in [7, 11) is 0. The van der Waals surface area contributed by atoms with Crippen LogP contribution in [0.5, 0.6) is 0 Å². The Hall–Kier alpha value is -2.04. The molecule has 1 aromatic carbocycles. The first-order valence-electron chi connectivity index (χ1n) is 6.48. The van der Waals surface area contributed by atoms with Crippen LogP contribution in [0, 0.1) is 18.6 Å². The monoisotopic (exact) mass is 278 g/mol. The number of rotatable bonds is 4. The van der Waals surface area contributed by atoms with Crippen molar-refractivity contribution in [1.29, 1.82) is 0 Å². The molecule has 0 bridgehead atoms. The van der Waals surface area contributed by atoms with Crippen LogP contribution in [0.2, 0.25) is 0 Å². The van der Waals surface area contributed by atoms with E-state index in [1.807, 2.05) is 13.8 Å². The fourth-order valence-corrected chi connectivity index (χ4v) is 1.94. The van der Waals surface area contributed by atoms with Gasteiger partial charge in [-0.15, -0.1) is 0 Å². The molecule has 1 heterocycles. The van der Waals surface area contributed by atoms with E-state index in [4.69, 9.17) is 0 Å². The largest absolute Gasteiger partial charge is 0.298 e. The third-order valence-corrected chi connectivity index (χ3v) is 3.43. The molecule has 0 radical (unpaired) electrons. The van der Waals surface area contributed by atoms with E-state index in [1.165, 1.54) is 6.92 Å². The minimum atomic E-state index is -0.582. The van der Waals surface area contributed by atoms with Gasteiger partial charge in [-0.2, -0.15) is 5.10 Å². The van der Waals surface area contributed by atoms with Gasteiger partial charge in [0.05, 0.1) is 5.56 Å². The Morgan fingerprint density at radius 2 is 2.05 bits per heavy atom. The molecular formula is C15H16F2N2O. The highest BCUT2D eigenvalue weighted by Crippen LogP contribution is 2.27. The van der Waals surface area contributed by atoms with Crippen molar-refractivity contribution in [3.63, 3.8) is 0 Å². The van der Waals surface area contributed by atoms with E-state index in [-0.39, 0.29) is 28.4 Å². The molecule has 0 aliphatic carbocycles. The normalized spacial score (nSPS) is 12.4. The minimum Gasteiger partial charge on any atom is -0.298 e. The number of aromatic nitrogens is 2. The lowest BCUT2D eigenvalue weighted by molar-refractivity contribution is 0.112. The molecule has 0 aliphatic rings. The van der Waals surface area contributed by atoms with Gasteiger partial charge in [-0.05, 0) is 38.0 Å². The van der Waals surface area contributed by atoms with Gasteiger partial charge in [0.15, 0.2) is 6.29 Å². The van der Waals surface area contributed by atoms with E-state index in [9.17, 15) is 13.6 Å². The zero-order valence-electron chi connectivity index (χ0n) is 11.7. The summed E-state index contributed by atoms with van der Waals surface area (Å²) in [6.07, 6.45) is 3.00. The Balaban J connectivity index is 2.60. The summed E-state index contributed by atoms with van der Waals surface area (Å²) in [6, 6.07) is 2.28. The molecule has 0 aliphatic heterocycles. The first-order valence-corrected chi connectivity index (χ1v) is 6.48. The van der Waals surface area contributed by atoms with Crippen LogP contribution >= 0.6 is 0 Å². The van der Waals surface area contributed by atoms with Crippen LogP contribution in [-0.2, 0) is 0 Å². The number of hydrogen-bond donors (Lipinski definition) is 0. The van der Waals surface area contributed by atoms with Crippen molar-refractivity contribution < 1.29 is 13.6 Å². The molecule has 20 heavy (non-hydrogen) atoms. The molecular weight excluding hydrogens is 262 g/mol. The molecule has 106 valence electrons. The average Bonchev–Trinajstić information content (AvgIpc) is 2.86. The molecule has 2 aromatic rings. The zero-order chi connectivity index (χ0) is 14.9. The summed E-state index contributed by atoms with van der Waals surface area (Å²) in [5.41, 5.74) is 0.668. The number of halogens is 2. The van der Waals surface area contributed by atoms with Crippen LogP contribution in [-0.4, -0.2) is 16.1 Å². The van der Waals surface area contributed by atoms with Crippen molar-refractivity contribution in [2.45, 2.75) is 33.2 Å². The van der Waals surface area contributed by atoms with Crippen molar-refractivity contribution in [1.82, 2.24) is 9.78 Å². The van der Waals surface area contributed by atoms with Gasteiger partial charge in [-0.3, -0.25) is 9.48 Å². The molecule has 0 saturated heterocycles. The van der Waals surface area contributed by atoms with E-state index < -0.39 is 11.6 Å². The van der Waals surface area contributed by atoms with Crippen molar-refractivity contribution in [3.8, 4) is 11.3 Å². The van der Waals surface area contributed by atoms with Gasteiger partial charge in [-0.1, -0.05) is 6.92 Å². The quantitative estimate of drug-likeness (QED) is 0.794. The molecule has 5 heteroatoms. The number of hydrogen-bond acceptors (Lipinski definition) is 2. The first-order chi connectivity index (χ1) is 9.47. The number of nitrogens with zero attached hydrogens (tertiary/aromatic N) is 2. The third kappa shape index (κ3) is 2.48. The van der Waals surface area contributed by atoms with Crippen LogP contribution < -0.4 is 0 Å². The SMILES string of the molecule is CCC(C)n1cc(C=O)c(-c2cc(F)c(C)cc2F)n1. The Labute approximate surface area is 116 Å². The number of aldehydes is 1. The summed E-state index contributed by atoms with van der Waals surface area (Å²) in [4.78, 5) is 11.1. The molecule has 2 rings (SSSR count). The zero-order valence-corrected chi connectivity index (χ0v) is 11.7. The van der Waals surface area contributed by atoms with E-state index in [1.54, 1.807) is 10.9 Å². The molecule has 0 spiro atoms. The summed E-state index contributed by atoms with van der Waals surface area (Å²) >= 11 is 0. The summed E-state index contributed by atoms with van der Waals surface area (Å²) in [5, 5.41) is 4.23. The van der Waals surface area contributed by atoms with Crippen molar-refractivity contribution in [2.75, 3.05) is 0 Å². The van der Waals surface area contributed by atoms with Crippen LogP contribution in [0.1, 0.15) is 42.2 Å². The van der Waals surface area contributed by atoms with Gasteiger partial charge in [0.1, 0.15) is 17.3 Å². The predicted octanol–water partition coefficient (Wildman–Crippen LogP) is 3.92. The van der Waals surface area contributed by atoms with Crippen molar-refractivity contribution in [3.05, 3.63) is 41.1 Å². The lowest BCUT2D eigenvalue weighted by Crippen LogP contribution is -2.04. The number of aryl methyl sites for hydroxylation is 1. The molecule has 0 N–H and O–H groups in total. The molecule has 1 unspecified atom stereocenters. The summed E-state index contributed by atoms with van der Waals surface area (Å²) < 4.78 is 29.2. The van der Waals surface area contributed by atoms with Crippen molar-refractivity contribution in [2.24, 2.45) is 0 Å². The molecule has 0 fully saturated rings. The fraction of sp³-hybridized carbons (Fsp3) is 0.333.